The predicted octanol–water partition coefficient (Wildman–Crippen LogP) is 3.60. The van der Waals surface area contributed by atoms with E-state index in [1.165, 1.54) is 8.61 Å². The molecule has 1 amide bonds. The molecule has 14 heteroatoms. The number of amides is 1. The minimum absolute atomic E-state index is 0.0157. The molecule has 3 fully saturated rings. The van der Waals surface area contributed by atoms with Crippen LogP contribution in [0.25, 0.3) is 0 Å². The normalized spacial score (nSPS) is 23.7. The second kappa shape index (κ2) is 9.97. The largest absolute Gasteiger partial charge is 0.416 e. The molecule has 1 aromatic carbocycles. The highest BCUT2D eigenvalue weighted by molar-refractivity contribution is 7.86. The lowest BCUT2D eigenvalue weighted by Gasteiger charge is -2.51. The highest BCUT2D eigenvalue weighted by Crippen LogP contribution is 2.42. The van der Waals surface area contributed by atoms with Gasteiger partial charge < -0.3 is 5.32 Å². The fraction of sp³-hybridized carbons (Fsp3) is 0.682. The molecule has 0 aromatic heterocycles. The number of hydrogen-bond acceptors (Lipinski definition) is 4. The Bertz CT molecular complexity index is 1080. The zero-order valence-corrected chi connectivity index (χ0v) is 21.0. The Morgan fingerprint density at radius 1 is 0.972 bits per heavy atom. The first kappa shape index (κ1) is 27.5. The average Bonchev–Trinajstić information content (AvgIpc) is 2.76. The van der Waals surface area contributed by atoms with E-state index in [4.69, 9.17) is 11.6 Å². The van der Waals surface area contributed by atoms with Crippen LogP contribution in [-0.2, 0) is 16.4 Å². The van der Waals surface area contributed by atoms with E-state index in [0.717, 1.165) is 18.6 Å². The molecule has 1 aliphatic carbocycles. The highest BCUT2D eigenvalue weighted by atomic mass is 35.5. The van der Waals surface area contributed by atoms with Gasteiger partial charge in [0, 0.05) is 64.2 Å². The number of nitrogens with zero attached hydrogens (tertiary/aromatic N) is 3. The number of carbonyl (C=O) groups is 1. The van der Waals surface area contributed by atoms with E-state index >= 15 is 0 Å². The van der Waals surface area contributed by atoms with Crippen molar-refractivity contribution in [2.75, 3.05) is 45.8 Å². The van der Waals surface area contributed by atoms with Crippen molar-refractivity contribution < 1.29 is 35.2 Å². The highest BCUT2D eigenvalue weighted by Gasteiger charge is 2.48. The van der Waals surface area contributed by atoms with Crippen LogP contribution >= 0.6 is 11.6 Å². The van der Waals surface area contributed by atoms with Gasteiger partial charge in [-0.1, -0.05) is 11.6 Å². The minimum Gasteiger partial charge on any atom is -0.350 e. The molecule has 2 aliphatic heterocycles. The maximum atomic E-state index is 14.0. The fourth-order valence-corrected chi connectivity index (χ4v) is 6.91. The Balaban J connectivity index is 1.46. The summed E-state index contributed by atoms with van der Waals surface area (Å²) in [5.41, 5.74) is -1.96. The Morgan fingerprint density at radius 2 is 1.56 bits per heavy atom. The van der Waals surface area contributed by atoms with Crippen molar-refractivity contribution in [1.82, 2.24) is 18.8 Å². The number of benzene rings is 1. The van der Waals surface area contributed by atoms with E-state index in [0.29, 0.717) is 32.2 Å². The van der Waals surface area contributed by atoms with Gasteiger partial charge in [-0.25, -0.2) is 8.78 Å². The number of halogens is 6. The Labute approximate surface area is 211 Å². The third-order valence-electron chi connectivity index (χ3n) is 7.41. The maximum Gasteiger partial charge on any atom is 0.416 e. The molecule has 1 aromatic rings. The van der Waals surface area contributed by atoms with Gasteiger partial charge >= 0.3 is 6.18 Å². The molecule has 3 aliphatic rings. The predicted molar refractivity (Wildman–Crippen MR) is 123 cm³/mol. The zero-order valence-electron chi connectivity index (χ0n) is 19.5. The van der Waals surface area contributed by atoms with Crippen molar-refractivity contribution >= 4 is 27.7 Å². The smallest absolute Gasteiger partial charge is 0.350 e. The van der Waals surface area contributed by atoms with Crippen molar-refractivity contribution in [1.29, 1.82) is 0 Å². The van der Waals surface area contributed by atoms with Crippen LogP contribution in [0.4, 0.5) is 22.0 Å². The Hall–Kier alpha value is -1.54. The maximum absolute atomic E-state index is 14.0. The summed E-state index contributed by atoms with van der Waals surface area (Å²) in [6.45, 7) is 1.99. The van der Waals surface area contributed by atoms with Gasteiger partial charge in [0.15, 0.2) is 0 Å². The minimum atomic E-state index is -4.61. The summed E-state index contributed by atoms with van der Waals surface area (Å²) in [7, 11) is -3.54. The van der Waals surface area contributed by atoms with Crippen LogP contribution in [-0.4, -0.2) is 85.1 Å². The van der Waals surface area contributed by atoms with Crippen LogP contribution < -0.4 is 5.32 Å². The van der Waals surface area contributed by atoms with Crippen molar-refractivity contribution in [3.63, 3.8) is 0 Å². The number of piperazine rings is 1. The summed E-state index contributed by atoms with van der Waals surface area (Å²) in [5.74, 6) is -3.53. The van der Waals surface area contributed by atoms with Crippen molar-refractivity contribution in [2.24, 2.45) is 0 Å². The van der Waals surface area contributed by atoms with Crippen molar-refractivity contribution in [3.05, 3.63) is 34.3 Å². The molecular weight excluding hydrogens is 531 g/mol. The SMILES string of the molecule is O=C(NCC1(N2CCN(S(=O)(=O)N3CCC3)CC2)CCC(F)(F)CC1)c1ccc(C(F)(F)F)cc1Cl. The molecule has 36 heavy (non-hydrogen) atoms. The van der Waals surface area contributed by atoms with Crippen LogP contribution in [0.1, 0.15) is 48.0 Å². The number of rotatable bonds is 6. The van der Waals surface area contributed by atoms with Crippen molar-refractivity contribution in [2.45, 2.75) is 49.7 Å². The molecule has 0 unspecified atom stereocenters. The molecular formula is C22H28ClF5N4O3S. The number of alkyl halides is 5. The Morgan fingerprint density at radius 3 is 2.06 bits per heavy atom. The fourth-order valence-electron chi connectivity index (χ4n) is 4.98. The first-order valence-corrected chi connectivity index (χ1v) is 13.5. The average molecular weight is 559 g/mol. The molecule has 0 bridgehead atoms. The van der Waals surface area contributed by atoms with E-state index in [-0.39, 0.29) is 55.9 Å². The van der Waals surface area contributed by atoms with Gasteiger partial charge in [0.1, 0.15) is 0 Å². The molecule has 2 heterocycles. The first-order valence-electron chi connectivity index (χ1n) is 11.8. The van der Waals surface area contributed by atoms with E-state index in [9.17, 15) is 35.2 Å². The first-order chi connectivity index (χ1) is 16.7. The molecule has 202 valence electrons. The molecule has 0 spiro atoms. The van der Waals surface area contributed by atoms with Gasteiger partial charge in [0.05, 0.1) is 16.1 Å². The number of nitrogens with one attached hydrogen (secondary N) is 1. The van der Waals surface area contributed by atoms with E-state index < -0.39 is 39.3 Å². The lowest BCUT2D eigenvalue weighted by atomic mass is 9.78. The van der Waals surface area contributed by atoms with Crippen LogP contribution in [0, 0.1) is 0 Å². The van der Waals surface area contributed by atoms with Gasteiger partial charge in [-0.15, -0.1) is 0 Å². The summed E-state index contributed by atoms with van der Waals surface area (Å²) in [5, 5.41) is 2.32. The zero-order chi connectivity index (χ0) is 26.4. The van der Waals surface area contributed by atoms with E-state index in [1.54, 1.807) is 0 Å². The summed E-state index contributed by atoms with van der Waals surface area (Å²) >= 11 is 5.94. The number of carbonyl (C=O) groups excluding carboxylic acids is 1. The third kappa shape index (κ3) is 5.64. The lowest BCUT2D eigenvalue weighted by molar-refractivity contribution is -0.137. The van der Waals surface area contributed by atoms with Crippen LogP contribution in [0.2, 0.25) is 5.02 Å². The van der Waals surface area contributed by atoms with E-state index in [2.05, 4.69) is 5.32 Å². The van der Waals surface area contributed by atoms with Gasteiger partial charge in [0.25, 0.3) is 16.1 Å². The lowest BCUT2D eigenvalue weighted by Crippen LogP contribution is -2.64. The second-order valence-electron chi connectivity index (χ2n) is 9.60. The molecule has 1 saturated carbocycles. The van der Waals surface area contributed by atoms with E-state index in [1.807, 2.05) is 4.90 Å². The van der Waals surface area contributed by atoms with Crippen LogP contribution in [0.5, 0.6) is 0 Å². The van der Waals surface area contributed by atoms with Gasteiger partial charge in [-0.2, -0.15) is 30.2 Å². The van der Waals surface area contributed by atoms with Crippen molar-refractivity contribution in [3.8, 4) is 0 Å². The molecule has 2 saturated heterocycles. The third-order valence-corrected chi connectivity index (χ3v) is 9.76. The summed E-state index contributed by atoms with van der Waals surface area (Å²) < 4.78 is 95.0. The molecule has 4 rings (SSSR count). The topological polar surface area (TPSA) is 73.0 Å². The second-order valence-corrected chi connectivity index (χ2v) is 11.9. The molecule has 0 radical (unpaired) electrons. The standard InChI is InChI=1S/C22H28ClF5N4O3S/c23-18-14-16(22(26,27)28)2-3-17(18)19(33)29-15-20(4-6-21(24,25)7-5-20)30-10-12-32(13-11-30)36(34,35)31-8-1-9-31/h2-3,14H,1,4-13,15H2,(H,29,33). The summed E-state index contributed by atoms with van der Waals surface area (Å²) in [4.78, 5) is 14.7. The summed E-state index contributed by atoms with van der Waals surface area (Å²) in [6.07, 6.45) is -4.38. The van der Waals surface area contributed by atoms with Gasteiger partial charge in [0.2, 0.25) is 5.92 Å². The monoisotopic (exact) mass is 558 g/mol. The number of hydrogen-bond donors (Lipinski definition) is 1. The van der Waals surface area contributed by atoms with Crippen LogP contribution in [0.15, 0.2) is 18.2 Å². The van der Waals surface area contributed by atoms with Gasteiger partial charge in [-0.3, -0.25) is 9.69 Å². The Kier molecular flexibility index (Phi) is 7.62. The van der Waals surface area contributed by atoms with Gasteiger partial charge in [-0.05, 0) is 37.5 Å². The molecule has 0 atom stereocenters. The van der Waals surface area contributed by atoms with Crippen LogP contribution in [0.3, 0.4) is 0 Å². The molecule has 1 N–H and O–H groups in total. The molecule has 7 nitrogen and oxygen atoms in total. The summed E-state index contributed by atoms with van der Waals surface area (Å²) in [6, 6.07) is 2.42. The quantitative estimate of drug-likeness (QED) is 0.542.